The van der Waals surface area contributed by atoms with Crippen molar-refractivity contribution in [2.24, 2.45) is 0 Å². The predicted octanol–water partition coefficient (Wildman–Crippen LogP) is 2.03. The van der Waals surface area contributed by atoms with Crippen LogP contribution < -0.4 is 20.1 Å². The number of nitrogens with zero attached hydrogens (tertiary/aromatic N) is 1. The van der Waals surface area contributed by atoms with Crippen LogP contribution in [0.3, 0.4) is 0 Å². The predicted molar refractivity (Wildman–Crippen MR) is 95.3 cm³/mol. The van der Waals surface area contributed by atoms with Crippen LogP contribution in [-0.2, 0) is 9.59 Å². The minimum absolute atomic E-state index is 0.0355. The second-order valence-electron chi connectivity index (χ2n) is 5.86. The number of benzene rings is 2. The van der Waals surface area contributed by atoms with Gasteiger partial charge >= 0.3 is 0 Å². The molecule has 0 atom stereocenters. The summed E-state index contributed by atoms with van der Waals surface area (Å²) in [6.45, 7) is 0.771. The molecule has 2 aliphatic heterocycles. The third-order valence-electron chi connectivity index (χ3n) is 4.12. The lowest BCUT2D eigenvalue weighted by molar-refractivity contribution is -0.113. The molecule has 3 N–H and O–H groups in total. The second-order valence-corrected chi connectivity index (χ2v) is 5.86. The molecule has 134 valence electrons. The van der Waals surface area contributed by atoms with Gasteiger partial charge in [0.25, 0.3) is 11.8 Å². The molecule has 2 aromatic carbocycles. The van der Waals surface area contributed by atoms with Gasteiger partial charge in [-0.05, 0) is 18.2 Å². The van der Waals surface area contributed by atoms with E-state index >= 15 is 0 Å². The smallest absolute Gasteiger partial charge is 0.267 e. The molecule has 27 heavy (non-hydrogen) atoms. The number of carbonyl (C=O) groups is 2. The van der Waals surface area contributed by atoms with Gasteiger partial charge in [-0.1, -0.05) is 6.07 Å². The van der Waals surface area contributed by atoms with Crippen LogP contribution in [0, 0.1) is 11.3 Å². The third kappa shape index (κ3) is 2.91. The van der Waals surface area contributed by atoms with E-state index in [2.05, 4.69) is 10.6 Å². The van der Waals surface area contributed by atoms with Crippen molar-refractivity contribution >= 4 is 28.8 Å². The quantitative estimate of drug-likeness (QED) is 0.555. The number of phenols is 1. The van der Waals surface area contributed by atoms with Gasteiger partial charge in [0.1, 0.15) is 30.6 Å². The first-order valence-corrected chi connectivity index (χ1v) is 8.07. The highest BCUT2D eigenvalue weighted by molar-refractivity contribution is 6.37. The number of ether oxygens (including phenoxy) is 2. The van der Waals surface area contributed by atoms with Crippen LogP contribution in [0.1, 0.15) is 5.56 Å². The number of anilines is 2. The summed E-state index contributed by atoms with van der Waals surface area (Å²) in [6, 6.07) is 10.9. The molecule has 0 bridgehead atoms. The Kier molecular flexibility index (Phi) is 3.90. The van der Waals surface area contributed by atoms with Crippen molar-refractivity contribution in [3.8, 4) is 23.3 Å². The number of carbonyl (C=O) groups excluding carboxylic acids is 2. The van der Waals surface area contributed by atoms with Crippen LogP contribution in [0.25, 0.3) is 5.57 Å². The van der Waals surface area contributed by atoms with E-state index in [0.29, 0.717) is 41.7 Å². The molecule has 0 fully saturated rings. The monoisotopic (exact) mass is 363 g/mol. The molecule has 0 aromatic heterocycles. The highest BCUT2D eigenvalue weighted by Crippen LogP contribution is 2.42. The van der Waals surface area contributed by atoms with Crippen molar-refractivity contribution in [2.75, 3.05) is 23.8 Å². The maximum atomic E-state index is 12.6. The van der Waals surface area contributed by atoms with Crippen molar-refractivity contribution in [2.45, 2.75) is 0 Å². The lowest BCUT2D eigenvalue weighted by Crippen LogP contribution is -2.17. The van der Waals surface area contributed by atoms with E-state index in [1.807, 2.05) is 0 Å². The standard InChI is InChI=1S/C19H13N3O5/c20-9-13(18(24)21-10-2-1-3-11(23)6-10)17-12-7-15-16(27-5-4-26-15)8-14(12)22-19(17)25/h1-3,6-8,23H,4-5H2,(H,21,24)(H,22,25). The van der Waals surface area contributed by atoms with Gasteiger partial charge < -0.3 is 25.2 Å². The topological polar surface area (TPSA) is 121 Å². The van der Waals surface area contributed by atoms with Crippen molar-refractivity contribution in [3.63, 3.8) is 0 Å². The fraction of sp³-hybridized carbons (Fsp3) is 0.105. The average Bonchev–Trinajstić information content (AvgIpc) is 2.95. The Morgan fingerprint density at radius 3 is 2.63 bits per heavy atom. The van der Waals surface area contributed by atoms with Crippen LogP contribution >= 0.6 is 0 Å². The Bertz CT molecular complexity index is 1050. The number of phenolic OH excluding ortho intramolecular Hbond substituents is 1. The van der Waals surface area contributed by atoms with E-state index in [1.165, 1.54) is 12.1 Å². The van der Waals surface area contributed by atoms with Crippen molar-refractivity contribution in [1.82, 2.24) is 0 Å². The fourth-order valence-electron chi connectivity index (χ4n) is 2.95. The maximum Gasteiger partial charge on any atom is 0.267 e. The number of rotatable bonds is 2. The summed E-state index contributed by atoms with van der Waals surface area (Å²) in [7, 11) is 0. The fourth-order valence-corrected chi connectivity index (χ4v) is 2.95. The Morgan fingerprint density at radius 1 is 1.19 bits per heavy atom. The zero-order valence-corrected chi connectivity index (χ0v) is 13.9. The molecule has 2 amide bonds. The first kappa shape index (κ1) is 16.5. The summed E-state index contributed by atoms with van der Waals surface area (Å²) >= 11 is 0. The SMILES string of the molecule is N#CC(C(=O)Nc1cccc(O)c1)=C1C(=O)Nc2cc3c(cc21)OCCO3. The number of nitriles is 1. The number of nitrogens with one attached hydrogen (secondary N) is 2. The van der Waals surface area contributed by atoms with E-state index in [9.17, 15) is 20.0 Å². The van der Waals surface area contributed by atoms with Crippen LogP contribution in [0.2, 0.25) is 0 Å². The normalized spacial score (nSPS) is 16.0. The maximum absolute atomic E-state index is 12.6. The number of hydrogen-bond donors (Lipinski definition) is 3. The van der Waals surface area contributed by atoms with E-state index in [4.69, 9.17) is 9.47 Å². The van der Waals surface area contributed by atoms with E-state index in [-0.39, 0.29) is 16.9 Å². The molecule has 2 aliphatic rings. The number of fused-ring (bicyclic) bond motifs is 2. The number of hydrogen-bond acceptors (Lipinski definition) is 6. The van der Waals surface area contributed by atoms with Gasteiger partial charge in [0, 0.05) is 23.4 Å². The van der Waals surface area contributed by atoms with Gasteiger partial charge in [-0.15, -0.1) is 0 Å². The highest BCUT2D eigenvalue weighted by Gasteiger charge is 2.32. The minimum atomic E-state index is -0.754. The summed E-state index contributed by atoms with van der Waals surface area (Å²) in [4.78, 5) is 25.0. The molecule has 0 saturated heterocycles. The van der Waals surface area contributed by atoms with Gasteiger partial charge in [0.2, 0.25) is 0 Å². The van der Waals surface area contributed by atoms with Crippen molar-refractivity contribution in [3.05, 3.63) is 47.5 Å². The summed E-state index contributed by atoms with van der Waals surface area (Å²) < 4.78 is 11.0. The van der Waals surface area contributed by atoms with Crippen LogP contribution in [0.5, 0.6) is 17.2 Å². The van der Waals surface area contributed by atoms with Gasteiger partial charge in [0.15, 0.2) is 11.5 Å². The Hall–Kier alpha value is -3.99. The summed E-state index contributed by atoms with van der Waals surface area (Å²) in [5.74, 6) is -0.415. The average molecular weight is 363 g/mol. The number of amides is 2. The molecular weight excluding hydrogens is 350 g/mol. The molecule has 2 heterocycles. The molecule has 4 rings (SSSR count). The molecular formula is C19H13N3O5. The zero-order valence-electron chi connectivity index (χ0n) is 13.9. The van der Waals surface area contributed by atoms with Crippen molar-refractivity contribution < 1.29 is 24.2 Å². The van der Waals surface area contributed by atoms with E-state index in [1.54, 1.807) is 30.3 Å². The third-order valence-corrected chi connectivity index (χ3v) is 4.12. The lowest BCUT2D eigenvalue weighted by atomic mass is 10.0. The molecule has 8 heteroatoms. The van der Waals surface area contributed by atoms with E-state index < -0.39 is 11.8 Å². The highest BCUT2D eigenvalue weighted by atomic mass is 16.6. The Balaban J connectivity index is 1.75. The first-order chi connectivity index (χ1) is 13.1. The minimum Gasteiger partial charge on any atom is -0.508 e. The molecule has 0 aliphatic carbocycles. The first-order valence-electron chi connectivity index (χ1n) is 8.07. The largest absolute Gasteiger partial charge is 0.508 e. The molecule has 0 unspecified atom stereocenters. The van der Waals surface area contributed by atoms with Gasteiger partial charge in [-0.25, -0.2) is 0 Å². The lowest BCUT2D eigenvalue weighted by Gasteiger charge is -2.19. The van der Waals surface area contributed by atoms with E-state index in [0.717, 1.165) is 0 Å². The van der Waals surface area contributed by atoms with Crippen LogP contribution in [0.15, 0.2) is 42.0 Å². The van der Waals surface area contributed by atoms with Crippen LogP contribution in [-0.4, -0.2) is 30.1 Å². The zero-order chi connectivity index (χ0) is 19.0. The van der Waals surface area contributed by atoms with Crippen LogP contribution in [0.4, 0.5) is 11.4 Å². The van der Waals surface area contributed by atoms with Gasteiger partial charge in [-0.2, -0.15) is 5.26 Å². The molecule has 0 saturated carbocycles. The summed E-state index contributed by atoms with van der Waals surface area (Å²) in [6.07, 6.45) is 0. The molecule has 0 spiro atoms. The van der Waals surface area contributed by atoms with Gasteiger partial charge in [-0.3, -0.25) is 9.59 Å². The molecule has 8 nitrogen and oxygen atoms in total. The second kappa shape index (κ2) is 6.38. The Labute approximate surface area is 153 Å². The van der Waals surface area contributed by atoms with Gasteiger partial charge in [0.05, 0.1) is 11.3 Å². The summed E-state index contributed by atoms with van der Waals surface area (Å²) in [5, 5.41) is 24.2. The Morgan fingerprint density at radius 2 is 1.93 bits per heavy atom. The molecule has 0 radical (unpaired) electrons. The number of aromatic hydroxyl groups is 1. The molecule has 2 aromatic rings. The summed E-state index contributed by atoms with van der Waals surface area (Å²) in [5.41, 5.74) is 0.756. The van der Waals surface area contributed by atoms with Crippen molar-refractivity contribution in [1.29, 1.82) is 5.26 Å².